The first kappa shape index (κ1) is 5.77. The smallest absolute Gasteiger partial charge is 0.248 e. The maximum atomic E-state index is 5.06. The zero-order valence-corrected chi connectivity index (χ0v) is 6.02. The molecule has 0 saturated carbocycles. The normalized spacial score (nSPS) is 11.3. The fourth-order valence-electron chi connectivity index (χ4n) is 1.15. The van der Waals surface area contributed by atoms with Crippen LogP contribution in [0.2, 0.25) is 0 Å². The van der Waals surface area contributed by atoms with Crippen molar-refractivity contribution in [2.24, 2.45) is 0 Å². The minimum Gasteiger partial charge on any atom is -0.445 e. The van der Waals surface area contributed by atoms with Gasteiger partial charge in [-0.25, -0.2) is 4.98 Å². The van der Waals surface area contributed by atoms with Crippen molar-refractivity contribution in [3.05, 3.63) is 24.7 Å². The van der Waals surface area contributed by atoms with Gasteiger partial charge in [0.05, 0.1) is 12.5 Å². The van der Waals surface area contributed by atoms with Gasteiger partial charge in [0.1, 0.15) is 11.0 Å². The van der Waals surface area contributed by atoms with Crippen LogP contribution < -0.4 is 0 Å². The summed E-state index contributed by atoms with van der Waals surface area (Å²) < 4.78 is 10.1. The Balaban J connectivity index is 2.62. The lowest BCUT2D eigenvalue weighted by molar-refractivity contribution is 0.582. The Bertz CT molecular complexity index is 447. The summed E-state index contributed by atoms with van der Waals surface area (Å²) in [7, 11) is 0. The van der Waals surface area contributed by atoms with Gasteiger partial charge in [0.25, 0.3) is 0 Å². The Hall–Kier alpha value is -1.84. The second kappa shape index (κ2) is 1.85. The largest absolute Gasteiger partial charge is 0.445 e. The molecule has 12 heavy (non-hydrogen) atoms. The van der Waals surface area contributed by atoms with Crippen molar-refractivity contribution in [2.75, 3.05) is 0 Å². The number of nitrogens with zero attached hydrogens (tertiary/aromatic N) is 2. The molecule has 0 bridgehead atoms. The highest BCUT2D eigenvalue weighted by Crippen LogP contribution is 2.16. The van der Waals surface area contributed by atoms with Crippen molar-refractivity contribution in [2.45, 2.75) is 0 Å². The van der Waals surface area contributed by atoms with Crippen molar-refractivity contribution < 1.29 is 8.83 Å². The first-order chi connectivity index (χ1) is 5.93. The van der Waals surface area contributed by atoms with Crippen LogP contribution in [0.3, 0.4) is 0 Å². The van der Waals surface area contributed by atoms with Gasteiger partial charge in [-0.15, -0.1) is 0 Å². The minimum absolute atomic E-state index is 0.512. The van der Waals surface area contributed by atoms with Crippen LogP contribution in [0.25, 0.3) is 22.5 Å². The van der Waals surface area contributed by atoms with Gasteiger partial charge >= 0.3 is 0 Å². The number of aromatic nitrogens is 2. The number of rotatable bonds is 0. The molecular formula is C8H4N2O2. The highest BCUT2D eigenvalue weighted by Gasteiger charge is 2.04. The second-order valence-corrected chi connectivity index (χ2v) is 2.45. The molecule has 0 aliphatic rings. The Kier molecular flexibility index (Phi) is 0.889. The summed E-state index contributed by atoms with van der Waals surface area (Å²) in [5.74, 6) is 0. The molecule has 3 heterocycles. The van der Waals surface area contributed by atoms with Gasteiger partial charge in [-0.3, -0.25) is 0 Å². The molecule has 3 aromatic rings. The average Bonchev–Trinajstić information content (AvgIpc) is 2.64. The summed E-state index contributed by atoms with van der Waals surface area (Å²) in [4.78, 5) is 8.35. The van der Waals surface area contributed by atoms with Crippen molar-refractivity contribution in [1.29, 1.82) is 0 Å². The van der Waals surface area contributed by atoms with Crippen LogP contribution in [0.4, 0.5) is 0 Å². The quantitative estimate of drug-likeness (QED) is 0.504. The molecule has 0 saturated heterocycles. The number of hydrogen-bond donors (Lipinski definition) is 0. The van der Waals surface area contributed by atoms with E-state index in [1.54, 1.807) is 24.7 Å². The van der Waals surface area contributed by atoms with E-state index in [9.17, 15) is 0 Å². The van der Waals surface area contributed by atoms with Crippen LogP contribution in [0.1, 0.15) is 0 Å². The molecule has 0 aliphatic heterocycles. The lowest BCUT2D eigenvalue weighted by Gasteiger charge is -1.86. The van der Waals surface area contributed by atoms with E-state index in [0.29, 0.717) is 11.4 Å². The zero-order chi connectivity index (χ0) is 7.97. The molecule has 0 N–H and O–H groups in total. The molecule has 0 unspecified atom stereocenters. The molecule has 58 valence electrons. The molecule has 3 aromatic heterocycles. The molecule has 0 aliphatic carbocycles. The second-order valence-electron chi connectivity index (χ2n) is 2.45. The number of fused-ring (bicyclic) bond motifs is 2. The van der Waals surface area contributed by atoms with Gasteiger partial charge in [-0.05, 0) is 0 Å². The monoisotopic (exact) mass is 160 g/mol. The fraction of sp³-hybridized carbons (Fsp3) is 0. The summed E-state index contributed by atoms with van der Waals surface area (Å²) in [5.41, 5.74) is 2.53. The van der Waals surface area contributed by atoms with Crippen LogP contribution in [0.15, 0.2) is 33.5 Å². The highest BCUT2D eigenvalue weighted by molar-refractivity contribution is 5.79. The maximum Gasteiger partial charge on any atom is 0.248 e. The summed E-state index contributed by atoms with van der Waals surface area (Å²) in [6, 6.07) is 3.55. The summed E-state index contributed by atoms with van der Waals surface area (Å²) in [5, 5.41) is 0. The fourth-order valence-corrected chi connectivity index (χ4v) is 1.15. The number of furan rings is 2. The van der Waals surface area contributed by atoms with E-state index < -0.39 is 0 Å². The van der Waals surface area contributed by atoms with Gasteiger partial charge in [-0.2, -0.15) is 4.98 Å². The van der Waals surface area contributed by atoms with Crippen LogP contribution in [0, 0.1) is 0 Å². The van der Waals surface area contributed by atoms with Crippen LogP contribution in [0.5, 0.6) is 0 Å². The van der Waals surface area contributed by atoms with Crippen LogP contribution in [-0.2, 0) is 0 Å². The van der Waals surface area contributed by atoms with Crippen molar-refractivity contribution in [3.8, 4) is 0 Å². The predicted octanol–water partition coefficient (Wildman–Crippen LogP) is 1.97. The average molecular weight is 160 g/mol. The standard InChI is InChI=1S/C8H4N2O2/c1-3-11-7-5(1)9-6-2-4-12-8(6)10-7/h1-4H. The Morgan fingerprint density at radius 3 is 2.00 bits per heavy atom. The lowest BCUT2D eigenvalue weighted by atomic mass is 10.5. The molecule has 0 amide bonds. The van der Waals surface area contributed by atoms with Gasteiger partial charge < -0.3 is 8.83 Å². The van der Waals surface area contributed by atoms with Crippen LogP contribution >= 0.6 is 0 Å². The Morgan fingerprint density at radius 1 is 0.833 bits per heavy atom. The highest BCUT2D eigenvalue weighted by atomic mass is 16.4. The Labute approximate surface area is 66.8 Å². The first-order valence-electron chi connectivity index (χ1n) is 3.52. The van der Waals surface area contributed by atoms with Crippen molar-refractivity contribution in [3.63, 3.8) is 0 Å². The van der Waals surface area contributed by atoms with Crippen molar-refractivity contribution >= 4 is 22.5 Å². The summed E-state index contributed by atoms with van der Waals surface area (Å²) >= 11 is 0. The predicted molar refractivity (Wildman–Crippen MR) is 41.6 cm³/mol. The van der Waals surface area contributed by atoms with Crippen molar-refractivity contribution in [1.82, 2.24) is 9.97 Å². The first-order valence-corrected chi connectivity index (χ1v) is 3.52. The molecule has 4 nitrogen and oxygen atoms in total. The zero-order valence-electron chi connectivity index (χ0n) is 6.02. The molecule has 0 spiro atoms. The van der Waals surface area contributed by atoms with Gasteiger partial charge in [0.15, 0.2) is 0 Å². The molecule has 0 aromatic carbocycles. The lowest BCUT2D eigenvalue weighted by Crippen LogP contribution is -1.78. The third-order valence-corrected chi connectivity index (χ3v) is 1.69. The number of hydrogen-bond acceptors (Lipinski definition) is 4. The van der Waals surface area contributed by atoms with E-state index in [2.05, 4.69) is 9.97 Å². The molecule has 0 radical (unpaired) electrons. The molecule has 4 heteroatoms. The van der Waals surface area contributed by atoms with E-state index in [1.807, 2.05) is 0 Å². The SMILES string of the molecule is c1cc2nc3ccoc3nc2o1. The molecular weight excluding hydrogens is 156 g/mol. The molecule has 0 atom stereocenters. The van der Waals surface area contributed by atoms with E-state index in [4.69, 9.17) is 8.83 Å². The van der Waals surface area contributed by atoms with E-state index in [0.717, 1.165) is 11.0 Å². The van der Waals surface area contributed by atoms with Gasteiger partial charge in [0, 0.05) is 12.1 Å². The molecule has 3 rings (SSSR count). The van der Waals surface area contributed by atoms with E-state index >= 15 is 0 Å². The topological polar surface area (TPSA) is 52.1 Å². The maximum absolute atomic E-state index is 5.06. The van der Waals surface area contributed by atoms with Gasteiger partial charge in [0.2, 0.25) is 11.4 Å². The third-order valence-electron chi connectivity index (χ3n) is 1.69. The minimum atomic E-state index is 0.512. The van der Waals surface area contributed by atoms with E-state index in [-0.39, 0.29) is 0 Å². The Morgan fingerprint density at radius 2 is 1.42 bits per heavy atom. The van der Waals surface area contributed by atoms with E-state index in [1.165, 1.54) is 0 Å². The summed E-state index contributed by atoms with van der Waals surface area (Å²) in [6.45, 7) is 0. The summed E-state index contributed by atoms with van der Waals surface area (Å²) in [6.07, 6.45) is 3.12. The van der Waals surface area contributed by atoms with Gasteiger partial charge in [-0.1, -0.05) is 0 Å². The molecule has 0 fully saturated rings. The van der Waals surface area contributed by atoms with Crippen LogP contribution in [-0.4, -0.2) is 9.97 Å². The third kappa shape index (κ3) is 0.611.